The summed E-state index contributed by atoms with van der Waals surface area (Å²) in [7, 11) is 4.08. The van der Waals surface area contributed by atoms with Gasteiger partial charge in [0.05, 0.1) is 5.69 Å². The van der Waals surface area contributed by atoms with E-state index in [1.165, 1.54) is 0 Å². The largest absolute Gasteiger partial charge is 0.335 e. The minimum Gasteiger partial charge on any atom is -0.335 e. The average Bonchev–Trinajstić information content (AvgIpc) is 3.23. The van der Waals surface area contributed by atoms with Crippen LogP contribution in [0.4, 0.5) is 4.39 Å². The normalized spacial score (nSPS) is 21.5. The van der Waals surface area contributed by atoms with Crippen molar-refractivity contribution < 1.29 is 4.39 Å². The molecule has 1 aliphatic rings. The lowest BCUT2D eigenvalue weighted by Crippen LogP contribution is -2.39. The van der Waals surface area contributed by atoms with E-state index in [1.54, 1.807) is 6.20 Å². The number of likely N-dealkylation sites (tertiary alicyclic amines) is 1. The maximum absolute atomic E-state index is 14.0. The Morgan fingerprint density at radius 2 is 2.20 bits per heavy atom. The second-order valence-corrected chi connectivity index (χ2v) is 7.15. The number of nitrogens with zero attached hydrogens (tertiary/aromatic N) is 6. The molecule has 1 saturated heterocycles. The molecule has 0 spiro atoms. The first-order valence-electron chi connectivity index (χ1n) is 9.04. The summed E-state index contributed by atoms with van der Waals surface area (Å²) in [5.41, 5.74) is 1.14. The summed E-state index contributed by atoms with van der Waals surface area (Å²) in [5.74, 6) is 1.06. The average molecular weight is 348 g/mol. The minimum atomic E-state index is -0.722. The number of likely N-dealkylation sites (N-methyl/N-ethyl adjacent to an activating group) is 1. The van der Waals surface area contributed by atoms with E-state index in [1.807, 2.05) is 37.1 Å². The Hall–Kier alpha value is -1.73. The van der Waals surface area contributed by atoms with E-state index < -0.39 is 6.17 Å². The third kappa shape index (κ3) is 4.67. The number of alkyl halides is 1. The van der Waals surface area contributed by atoms with Crippen molar-refractivity contribution in [2.75, 3.05) is 26.7 Å². The Kier molecular flexibility index (Phi) is 5.86. The lowest BCUT2D eigenvalue weighted by molar-refractivity contribution is 0.179. The molecule has 0 N–H and O–H groups in total. The second kappa shape index (κ2) is 8.10. The summed E-state index contributed by atoms with van der Waals surface area (Å²) < 4.78 is 18.0. The summed E-state index contributed by atoms with van der Waals surface area (Å²) in [6.07, 6.45) is 6.65. The number of aryl methyl sites for hydroxylation is 3. The molecule has 0 amide bonds. The highest BCUT2D eigenvalue weighted by Crippen LogP contribution is 2.23. The fourth-order valence-corrected chi connectivity index (χ4v) is 3.67. The molecule has 138 valence electrons. The highest BCUT2D eigenvalue weighted by atomic mass is 19.1. The molecule has 2 aromatic rings. The van der Waals surface area contributed by atoms with Gasteiger partial charge in [-0.1, -0.05) is 0 Å². The van der Waals surface area contributed by atoms with E-state index in [2.05, 4.69) is 31.5 Å². The molecule has 0 saturated carbocycles. The summed E-state index contributed by atoms with van der Waals surface area (Å²) in [4.78, 5) is 8.84. The maximum Gasteiger partial charge on any atom is 0.114 e. The van der Waals surface area contributed by atoms with E-state index in [4.69, 9.17) is 0 Å². The van der Waals surface area contributed by atoms with Crippen molar-refractivity contribution in [2.24, 2.45) is 7.05 Å². The topological polar surface area (TPSA) is 42.1 Å². The third-order valence-corrected chi connectivity index (χ3v) is 5.15. The predicted molar refractivity (Wildman–Crippen MR) is 96.0 cm³/mol. The van der Waals surface area contributed by atoms with Crippen LogP contribution in [0.3, 0.4) is 0 Å². The van der Waals surface area contributed by atoms with Crippen molar-refractivity contribution in [1.82, 2.24) is 29.1 Å². The molecule has 0 bridgehead atoms. The van der Waals surface area contributed by atoms with Crippen LogP contribution in [0.1, 0.15) is 24.4 Å². The van der Waals surface area contributed by atoms with Gasteiger partial charge in [0.2, 0.25) is 0 Å². The summed E-state index contributed by atoms with van der Waals surface area (Å²) in [5, 5.41) is 4.21. The molecule has 6 nitrogen and oxygen atoms in total. The van der Waals surface area contributed by atoms with Gasteiger partial charge in [0.1, 0.15) is 12.0 Å². The first kappa shape index (κ1) is 18.1. The maximum atomic E-state index is 14.0. The van der Waals surface area contributed by atoms with Gasteiger partial charge in [-0.3, -0.25) is 9.58 Å². The molecule has 3 heterocycles. The molecule has 0 aromatic carbocycles. The van der Waals surface area contributed by atoms with Gasteiger partial charge in [-0.05, 0) is 39.4 Å². The first-order valence-corrected chi connectivity index (χ1v) is 9.04. The van der Waals surface area contributed by atoms with Crippen molar-refractivity contribution in [1.29, 1.82) is 0 Å². The Morgan fingerprint density at radius 3 is 2.88 bits per heavy atom. The molecule has 2 aromatic heterocycles. The molecular formula is C18H29FN6. The molecule has 1 fully saturated rings. The third-order valence-electron chi connectivity index (χ3n) is 5.15. The van der Waals surface area contributed by atoms with Crippen molar-refractivity contribution in [3.05, 3.63) is 36.2 Å². The van der Waals surface area contributed by atoms with E-state index >= 15 is 0 Å². The van der Waals surface area contributed by atoms with Crippen LogP contribution in [0.15, 0.2) is 24.7 Å². The van der Waals surface area contributed by atoms with Crippen LogP contribution in [0.25, 0.3) is 0 Å². The summed E-state index contributed by atoms with van der Waals surface area (Å²) >= 11 is 0. The van der Waals surface area contributed by atoms with E-state index in [9.17, 15) is 4.39 Å². The highest BCUT2D eigenvalue weighted by molar-refractivity contribution is 5.02. The summed E-state index contributed by atoms with van der Waals surface area (Å²) in [6, 6.07) is 2.28. The predicted octanol–water partition coefficient (Wildman–Crippen LogP) is 1.86. The lowest BCUT2D eigenvalue weighted by atomic mass is 10.2. The van der Waals surface area contributed by atoms with Crippen LogP contribution in [0.5, 0.6) is 0 Å². The Bertz CT molecular complexity index is 666. The molecule has 1 aliphatic heterocycles. The highest BCUT2D eigenvalue weighted by Gasteiger charge is 2.32. The van der Waals surface area contributed by atoms with Gasteiger partial charge in [0, 0.05) is 57.9 Å². The van der Waals surface area contributed by atoms with Crippen molar-refractivity contribution in [3.63, 3.8) is 0 Å². The lowest BCUT2D eigenvalue weighted by Gasteiger charge is -2.28. The number of halogens is 1. The number of hydrogen-bond acceptors (Lipinski definition) is 4. The van der Waals surface area contributed by atoms with Crippen LogP contribution in [-0.4, -0.2) is 68.0 Å². The van der Waals surface area contributed by atoms with Crippen LogP contribution in [0, 0.1) is 6.92 Å². The van der Waals surface area contributed by atoms with Crippen LogP contribution in [-0.2, 0) is 20.1 Å². The molecule has 25 heavy (non-hydrogen) atoms. The monoisotopic (exact) mass is 348 g/mol. The van der Waals surface area contributed by atoms with Crippen LogP contribution in [0.2, 0.25) is 0 Å². The van der Waals surface area contributed by atoms with Gasteiger partial charge in [-0.25, -0.2) is 9.37 Å². The Balaban J connectivity index is 1.47. The first-order chi connectivity index (χ1) is 12.0. The Morgan fingerprint density at radius 1 is 1.36 bits per heavy atom. The minimum absolute atomic E-state index is 0.268. The molecule has 3 rings (SSSR count). The Labute approximate surface area is 149 Å². The molecule has 0 aliphatic carbocycles. The molecule has 0 unspecified atom stereocenters. The van der Waals surface area contributed by atoms with E-state index in [0.29, 0.717) is 13.0 Å². The zero-order chi connectivity index (χ0) is 17.8. The summed E-state index contributed by atoms with van der Waals surface area (Å²) in [6.45, 7) is 6.21. The van der Waals surface area contributed by atoms with Gasteiger partial charge in [-0.2, -0.15) is 5.10 Å². The fraction of sp³-hybridized carbons (Fsp3) is 0.667. The number of hydrogen-bond donors (Lipinski definition) is 0. The zero-order valence-electron chi connectivity index (χ0n) is 15.5. The standard InChI is InChI=1S/C18H29FN6/c1-15-20-7-10-24(15)9-4-8-22(2)13-18-11-16(19)12-25(18)14-17-5-6-21-23(17)3/h5-7,10,16,18H,4,8-9,11-14H2,1-3H3/t16-,18-/m0/s1. The van der Waals surface area contributed by atoms with Gasteiger partial charge < -0.3 is 9.47 Å². The number of imidazole rings is 1. The SMILES string of the molecule is Cc1nccn1CCCN(C)C[C@@H]1C[C@H](F)CN1Cc1ccnn1C. The van der Waals surface area contributed by atoms with Crippen molar-refractivity contribution >= 4 is 0 Å². The van der Waals surface area contributed by atoms with Crippen molar-refractivity contribution in [2.45, 2.75) is 45.1 Å². The van der Waals surface area contributed by atoms with Crippen LogP contribution < -0.4 is 0 Å². The van der Waals surface area contributed by atoms with Gasteiger partial charge in [0.15, 0.2) is 0 Å². The van der Waals surface area contributed by atoms with Gasteiger partial charge in [-0.15, -0.1) is 0 Å². The van der Waals surface area contributed by atoms with E-state index in [0.717, 1.165) is 44.1 Å². The van der Waals surface area contributed by atoms with Gasteiger partial charge in [0.25, 0.3) is 0 Å². The molecular weight excluding hydrogens is 319 g/mol. The quantitative estimate of drug-likeness (QED) is 0.730. The number of rotatable bonds is 8. The molecule has 0 radical (unpaired) electrons. The fourth-order valence-electron chi connectivity index (χ4n) is 3.67. The second-order valence-electron chi connectivity index (χ2n) is 7.15. The van der Waals surface area contributed by atoms with Crippen molar-refractivity contribution in [3.8, 4) is 0 Å². The van der Waals surface area contributed by atoms with Gasteiger partial charge >= 0.3 is 0 Å². The smallest absolute Gasteiger partial charge is 0.114 e. The molecule has 2 atom stereocenters. The van der Waals surface area contributed by atoms with Crippen LogP contribution >= 0.6 is 0 Å². The molecule has 7 heteroatoms. The zero-order valence-corrected chi connectivity index (χ0v) is 15.5. The number of aromatic nitrogens is 4. The van der Waals surface area contributed by atoms with E-state index in [-0.39, 0.29) is 6.04 Å².